The van der Waals surface area contributed by atoms with Gasteiger partial charge in [0.15, 0.2) is 0 Å². The van der Waals surface area contributed by atoms with Gasteiger partial charge in [0.2, 0.25) is 5.91 Å². The quantitative estimate of drug-likeness (QED) is 0.659. The second-order valence-corrected chi connectivity index (χ2v) is 5.92. The molecule has 0 heterocycles. The van der Waals surface area contributed by atoms with Crippen molar-refractivity contribution >= 4 is 5.91 Å². The lowest BCUT2D eigenvalue weighted by molar-refractivity contribution is -0.121. The molecule has 0 aliphatic carbocycles. The standard InChI is InChI=1S/C14H31N3O/c1-11(2)9-13(17(4)5)10-16-14(18)8-6-7-12(3)15/h11-13H,6-10,15H2,1-5H3,(H,16,18). The second kappa shape index (κ2) is 9.34. The molecule has 108 valence electrons. The Bertz CT molecular complexity index is 227. The number of amides is 1. The molecule has 2 unspecified atom stereocenters. The molecule has 0 bridgehead atoms. The molecular weight excluding hydrogens is 226 g/mol. The van der Waals surface area contributed by atoms with Gasteiger partial charge in [0, 0.05) is 25.0 Å². The van der Waals surface area contributed by atoms with Gasteiger partial charge < -0.3 is 16.0 Å². The van der Waals surface area contributed by atoms with E-state index in [-0.39, 0.29) is 11.9 Å². The molecule has 4 nitrogen and oxygen atoms in total. The monoisotopic (exact) mass is 257 g/mol. The molecule has 0 saturated heterocycles. The van der Waals surface area contributed by atoms with Crippen LogP contribution in [0.3, 0.4) is 0 Å². The maximum Gasteiger partial charge on any atom is 0.220 e. The fraction of sp³-hybridized carbons (Fsp3) is 0.929. The lowest BCUT2D eigenvalue weighted by Gasteiger charge is -2.26. The molecule has 0 spiro atoms. The van der Waals surface area contributed by atoms with Gasteiger partial charge in [-0.2, -0.15) is 0 Å². The predicted octanol–water partition coefficient (Wildman–Crippen LogP) is 1.60. The third-order valence-corrected chi connectivity index (χ3v) is 3.07. The molecule has 0 aliphatic rings. The first kappa shape index (κ1) is 17.4. The summed E-state index contributed by atoms with van der Waals surface area (Å²) in [5.74, 6) is 0.790. The van der Waals surface area contributed by atoms with E-state index in [0.29, 0.717) is 18.4 Å². The average molecular weight is 257 g/mol. The van der Waals surface area contributed by atoms with Crippen molar-refractivity contribution < 1.29 is 4.79 Å². The summed E-state index contributed by atoms with van der Waals surface area (Å²) in [5.41, 5.74) is 5.66. The van der Waals surface area contributed by atoms with Crippen LogP contribution in [-0.4, -0.2) is 43.5 Å². The molecule has 0 rings (SSSR count). The Labute approximate surface area is 112 Å². The zero-order valence-electron chi connectivity index (χ0n) is 12.7. The smallest absolute Gasteiger partial charge is 0.220 e. The van der Waals surface area contributed by atoms with Gasteiger partial charge in [0.05, 0.1) is 0 Å². The summed E-state index contributed by atoms with van der Waals surface area (Å²) < 4.78 is 0. The van der Waals surface area contributed by atoms with E-state index in [2.05, 4.69) is 38.2 Å². The van der Waals surface area contributed by atoms with Gasteiger partial charge in [-0.05, 0) is 46.2 Å². The SMILES string of the molecule is CC(C)CC(CNC(=O)CCCC(C)N)N(C)C. The number of nitrogens with one attached hydrogen (secondary N) is 1. The summed E-state index contributed by atoms with van der Waals surface area (Å²) >= 11 is 0. The highest BCUT2D eigenvalue weighted by atomic mass is 16.1. The largest absolute Gasteiger partial charge is 0.355 e. The van der Waals surface area contributed by atoms with Crippen LogP contribution in [0.2, 0.25) is 0 Å². The van der Waals surface area contributed by atoms with Crippen LogP contribution in [0.25, 0.3) is 0 Å². The van der Waals surface area contributed by atoms with Crippen molar-refractivity contribution in [2.24, 2.45) is 11.7 Å². The molecule has 0 aromatic carbocycles. The van der Waals surface area contributed by atoms with Crippen molar-refractivity contribution in [3.8, 4) is 0 Å². The van der Waals surface area contributed by atoms with Gasteiger partial charge in [-0.3, -0.25) is 4.79 Å². The van der Waals surface area contributed by atoms with Gasteiger partial charge in [-0.25, -0.2) is 0 Å². The number of rotatable bonds is 9. The molecule has 0 aromatic heterocycles. The van der Waals surface area contributed by atoms with Gasteiger partial charge in [-0.1, -0.05) is 13.8 Å². The molecule has 3 N–H and O–H groups in total. The number of hydrogen-bond donors (Lipinski definition) is 2. The zero-order valence-corrected chi connectivity index (χ0v) is 12.7. The van der Waals surface area contributed by atoms with Crippen LogP contribution >= 0.6 is 0 Å². The number of carbonyl (C=O) groups is 1. The van der Waals surface area contributed by atoms with E-state index in [4.69, 9.17) is 5.73 Å². The van der Waals surface area contributed by atoms with E-state index in [9.17, 15) is 4.79 Å². The Morgan fingerprint density at radius 3 is 2.33 bits per heavy atom. The Morgan fingerprint density at radius 2 is 1.89 bits per heavy atom. The van der Waals surface area contributed by atoms with Crippen LogP contribution < -0.4 is 11.1 Å². The highest BCUT2D eigenvalue weighted by Gasteiger charge is 2.14. The number of likely N-dealkylation sites (N-methyl/N-ethyl adjacent to an activating group) is 1. The van der Waals surface area contributed by atoms with Crippen LogP contribution in [0.1, 0.15) is 46.5 Å². The van der Waals surface area contributed by atoms with Gasteiger partial charge in [0.1, 0.15) is 0 Å². The number of nitrogens with two attached hydrogens (primary N) is 1. The van der Waals surface area contributed by atoms with Crippen LogP contribution in [0.15, 0.2) is 0 Å². The van der Waals surface area contributed by atoms with Crippen molar-refractivity contribution in [1.82, 2.24) is 10.2 Å². The lowest BCUT2D eigenvalue weighted by Crippen LogP contribution is -2.41. The minimum atomic E-state index is 0.145. The first-order chi connectivity index (χ1) is 8.32. The Morgan fingerprint density at radius 1 is 1.28 bits per heavy atom. The van der Waals surface area contributed by atoms with E-state index >= 15 is 0 Å². The summed E-state index contributed by atoms with van der Waals surface area (Å²) in [7, 11) is 4.13. The van der Waals surface area contributed by atoms with E-state index in [0.717, 1.165) is 25.8 Å². The fourth-order valence-electron chi connectivity index (χ4n) is 1.93. The number of hydrogen-bond acceptors (Lipinski definition) is 3. The molecule has 0 saturated carbocycles. The summed E-state index contributed by atoms with van der Waals surface area (Å²) in [6.45, 7) is 7.13. The van der Waals surface area contributed by atoms with Gasteiger partial charge in [0.25, 0.3) is 0 Å². The third-order valence-electron chi connectivity index (χ3n) is 3.07. The van der Waals surface area contributed by atoms with Crippen molar-refractivity contribution in [2.75, 3.05) is 20.6 Å². The molecule has 18 heavy (non-hydrogen) atoms. The third kappa shape index (κ3) is 9.42. The minimum absolute atomic E-state index is 0.145. The first-order valence-corrected chi connectivity index (χ1v) is 7.01. The fourth-order valence-corrected chi connectivity index (χ4v) is 1.93. The van der Waals surface area contributed by atoms with Gasteiger partial charge >= 0.3 is 0 Å². The van der Waals surface area contributed by atoms with Crippen LogP contribution in [-0.2, 0) is 4.79 Å². The van der Waals surface area contributed by atoms with Crippen molar-refractivity contribution in [3.63, 3.8) is 0 Å². The molecule has 0 aromatic rings. The Balaban J connectivity index is 3.85. The normalized spacial score (nSPS) is 14.9. The van der Waals surface area contributed by atoms with Crippen molar-refractivity contribution in [2.45, 2.75) is 58.5 Å². The van der Waals surface area contributed by atoms with Crippen LogP contribution in [0.5, 0.6) is 0 Å². The van der Waals surface area contributed by atoms with Crippen LogP contribution in [0.4, 0.5) is 0 Å². The summed E-state index contributed by atoms with van der Waals surface area (Å²) in [6, 6.07) is 0.607. The van der Waals surface area contributed by atoms with E-state index < -0.39 is 0 Å². The molecule has 0 radical (unpaired) electrons. The predicted molar refractivity (Wildman–Crippen MR) is 77.4 cm³/mol. The molecular formula is C14H31N3O. The number of nitrogens with zero attached hydrogens (tertiary/aromatic N) is 1. The Hall–Kier alpha value is -0.610. The number of carbonyl (C=O) groups excluding carboxylic acids is 1. The van der Waals surface area contributed by atoms with Crippen LogP contribution in [0, 0.1) is 5.92 Å². The van der Waals surface area contributed by atoms with E-state index in [1.165, 1.54) is 0 Å². The molecule has 2 atom stereocenters. The minimum Gasteiger partial charge on any atom is -0.355 e. The van der Waals surface area contributed by atoms with Crippen molar-refractivity contribution in [3.05, 3.63) is 0 Å². The summed E-state index contributed by atoms with van der Waals surface area (Å²) in [5, 5.41) is 3.02. The summed E-state index contributed by atoms with van der Waals surface area (Å²) in [4.78, 5) is 13.8. The second-order valence-electron chi connectivity index (χ2n) is 5.92. The van der Waals surface area contributed by atoms with E-state index in [1.807, 2.05) is 6.92 Å². The zero-order chi connectivity index (χ0) is 14.1. The van der Waals surface area contributed by atoms with Gasteiger partial charge in [-0.15, -0.1) is 0 Å². The summed E-state index contributed by atoms with van der Waals surface area (Å²) in [6.07, 6.45) is 3.48. The maximum absolute atomic E-state index is 11.7. The molecule has 1 amide bonds. The molecule has 0 fully saturated rings. The Kier molecular flexibility index (Phi) is 9.02. The topological polar surface area (TPSA) is 58.4 Å². The highest BCUT2D eigenvalue weighted by molar-refractivity contribution is 5.75. The van der Waals surface area contributed by atoms with E-state index in [1.54, 1.807) is 0 Å². The average Bonchev–Trinajstić information content (AvgIpc) is 2.22. The molecule has 0 aliphatic heterocycles. The molecule has 4 heteroatoms. The maximum atomic E-state index is 11.7. The lowest BCUT2D eigenvalue weighted by atomic mass is 10.0. The van der Waals surface area contributed by atoms with Crippen molar-refractivity contribution in [1.29, 1.82) is 0 Å². The first-order valence-electron chi connectivity index (χ1n) is 7.01. The highest BCUT2D eigenvalue weighted by Crippen LogP contribution is 2.08.